The van der Waals surface area contributed by atoms with Crippen LogP contribution in [0.3, 0.4) is 0 Å². The maximum atomic E-state index is 12.4. The standard InChI is InChI=1S/C26H38O8/c1-13-18-11-26(24(6,7)31)12-20(32-15(3)27)14(2)21(26)22(33-16(4)28)23(34-17(5)29)25(18,8)10-9-19(13)30/h18-20,22-23,30-31H,1,9-12H2,2-8H3/t18-,19+,20+,22-,23+,25-,26-/m1/s1. The predicted molar refractivity (Wildman–Crippen MR) is 123 cm³/mol. The molecule has 7 atom stereocenters. The van der Waals surface area contributed by atoms with Gasteiger partial charge in [-0.2, -0.15) is 0 Å². The lowest BCUT2D eigenvalue weighted by Crippen LogP contribution is -2.52. The van der Waals surface area contributed by atoms with Gasteiger partial charge in [-0.25, -0.2) is 0 Å². The third-order valence-corrected chi connectivity index (χ3v) is 8.41. The maximum Gasteiger partial charge on any atom is 0.303 e. The van der Waals surface area contributed by atoms with Gasteiger partial charge in [0.25, 0.3) is 0 Å². The van der Waals surface area contributed by atoms with Crippen molar-refractivity contribution in [2.24, 2.45) is 16.7 Å². The van der Waals surface area contributed by atoms with E-state index in [1.165, 1.54) is 20.8 Å². The van der Waals surface area contributed by atoms with Gasteiger partial charge in [0, 0.05) is 38.0 Å². The Morgan fingerprint density at radius 1 is 1.03 bits per heavy atom. The van der Waals surface area contributed by atoms with Crippen molar-refractivity contribution in [1.29, 1.82) is 0 Å². The Balaban J connectivity index is 2.36. The molecule has 2 fully saturated rings. The van der Waals surface area contributed by atoms with Gasteiger partial charge < -0.3 is 24.4 Å². The smallest absolute Gasteiger partial charge is 0.303 e. The molecule has 0 aliphatic heterocycles. The molecular formula is C26H38O8. The van der Waals surface area contributed by atoms with Crippen LogP contribution in [0.2, 0.25) is 0 Å². The van der Waals surface area contributed by atoms with Crippen LogP contribution in [0.1, 0.15) is 74.1 Å². The molecule has 8 nitrogen and oxygen atoms in total. The van der Waals surface area contributed by atoms with E-state index in [-0.39, 0.29) is 12.3 Å². The minimum absolute atomic E-state index is 0.276. The number of aliphatic hydroxyl groups excluding tert-OH is 1. The molecule has 0 aromatic rings. The van der Waals surface area contributed by atoms with Gasteiger partial charge >= 0.3 is 17.9 Å². The number of ether oxygens (including phenoxy) is 3. The van der Waals surface area contributed by atoms with Crippen molar-refractivity contribution in [1.82, 2.24) is 0 Å². The van der Waals surface area contributed by atoms with E-state index in [2.05, 4.69) is 6.58 Å². The summed E-state index contributed by atoms with van der Waals surface area (Å²) >= 11 is 0. The van der Waals surface area contributed by atoms with Crippen molar-refractivity contribution in [3.8, 4) is 0 Å². The van der Waals surface area contributed by atoms with Gasteiger partial charge in [-0.05, 0) is 62.7 Å². The summed E-state index contributed by atoms with van der Waals surface area (Å²) in [6, 6.07) is 0. The van der Waals surface area contributed by atoms with E-state index in [1.807, 2.05) is 6.92 Å². The van der Waals surface area contributed by atoms with Crippen LogP contribution in [0.5, 0.6) is 0 Å². The predicted octanol–water partition coefficient (Wildman–Crippen LogP) is 3.00. The zero-order chi connectivity index (χ0) is 25.8. The largest absolute Gasteiger partial charge is 0.458 e. The van der Waals surface area contributed by atoms with Crippen LogP contribution in [0.15, 0.2) is 23.3 Å². The van der Waals surface area contributed by atoms with Crippen molar-refractivity contribution >= 4 is 17.9 Å². The summed E-state index contributed by atoms with van der Waals surface area (Å²) in [7, 11) is 0. The minimum Gasteiger partial charge on any atom is -0.458 e. The van der Waals surface area contributed by atoms with Gasteiger partial charge in [-0.15, -0.1) is 0 Å². The van der Waals surface area contributed by atoms with E-state index < -0.39 is 58.8 Å². The first-order valence-electron chi connectivity index (χ1n) is 11.9. The second kappa shape index (κ2) is 8.79. The molecular weight excluding hydrogens is 440 g/mol. The normalized spacial score (nSPS) is 37.9. The lowest BCUT2D eigenvalue weighted by atomic mass is 9.57. The van der Waals surface area contributed by atoms with Crippen LogP contribution < -0.4 is 0 Å². The Morgan fingerprint density at radius 3 is 2.09 bits per heavy atom. The third-order valence-electron chi connectivity index (χ3n) is 8.41. The lowest BCUT2D eigenvalue weighted by Gasteiger charge is -2.50. The van der Waals surface area contributed by atoms with Crippen LogP contribution in [-0.2, 0) is 28.6 Å². The topological polar surface area (TPSA) is 119 Å². The number of carbonyl (C=O) groups is 3. The van der Waals surface area contributed by atoms with Crippen LogP contribution in [0.25, 0.3) is 0 Å². The highest BCUT2D eigenvalue weighted by atomic mass is 16.6. The van der Waals surface area contributed by atoms with Crippen LogP contribution >= 0.6 is 0 Å². The third kappa shape index (κ3) is 4.19. The van der Waals surface area contributed by atoms with E-state index in [4.69, 9.17) is 14.2 Å². The number of hydrogen-bond acceptors (Lipinski definition) is 8. The first kappa shape index (κ1) is 26.4. The zero-order valence-corrected chi connectivity index (χ0v) is 21.3. The number of hydrogen-bond donors (Lipinski definition) is 2. The summed E-state index contributed by atoms with van der Waals surface area (Å²) in [4.78, 5) is 36.6. The molecule has 0 aromatic heterocycles. The average Bonchev–Trinajstić information content (AvgIpc) is 2.91. The van der Waals surface area contributed by atoms with Crippen molar-refractivity contribution in [3.05, 3.63) is 23.3 Å². The summed E-state index contributed by atoms with van der Waals surface area (Å²) in [6.07, 6.45) is -1.67. The monoisotopic (exact) mass is 478 g/mol. The number of rotatable bonds is 4. The fraction of sp³-hybridized carbons (Fsp3) is 0.731. The molecule has 0 heterocycles. The zero-order valence-electron chi connectivity index (χ0n) is 21.3. The highest BCUT2D eigenvalue weighted by Crippen LogP contribution is 2.65. The minimum atomic E-state index is -1.33. The second-order valence-electron chi connectivity index (χ2n) is 11.0. The van der Waals surface area contributed by atoms with Gasteiger partial charge in [0.1, 0.15) is 12.2 Å². The molecule has 34 heavy (non-hydrogen) atoms. The Morgan fingerprint density at radius 2 is 1.59 bits per heavy atom. The number of carbonyl (C=O) groups excluding carboxylic acids is 3. The van der Waals surface area contributed by atoms with Crippen molar-refractivity contribution in [3.63, 3.8) is 0 Å². The number of aliphatic hydroxyl groups is 2. The Bertz CT molecular complexity index is 928. The molecule has 190 valence electrons. The summed E-state index contributed by atoms with van der Waals surface area (Å²) in [5, 5.41) is 22.3. The fourth-order valence-corrected chi connectivity index (χ4v) is 6.67. The van der Waals surface area contributed by atoms with E-state index in [0.29, 0.717) is 36.0 Å². The second-order valence-corrected chi connectivity index (χ2v) is 11.0. The SMILES string of the molecule is C=C1[C@H]2C[C@@]3(C(C)(C)O)C[C@H](OC(C)=O)C(C)=C3[C@@H](OC(C)=O)[C@H](OC(C)=O)[C@]2(C)CC[C@@H]1O. The molecule has 0 spiro atoms. The van der Waals surface area contributed by atoms with Crippen molar-refractivity contribution in [2.75, 3.05) is 0 Å². The first-order chi connectivity index (χ1) is 15.5. The molecule has 0 amide bonds. The van der Waals surface area contributed by atoms with Crippen molar-refractivity contribution < 1.29 is 38.8 Å². The summed E-state index contributed by atoms with van der Waals surface area (Å²) in [5.74, 6) is -1.90. The Kier molecular flexibility index (Phi) is 6.83. The van der Waals surface area contributed by atoms with E-state index >= 15 is 0 Å². The van der Waals surface area contributed by atoms with Gasteiger partial charge in [0.2, 0.25) is 0 Å². The first-order valence-corrected chi connectivity index (χ1v) is 11.9. The molecule has 0 radical (unpaired) electrons. The van der Waals surface area contributed by atoms with Crippen LogP contribution in [0, 0.1) is 16.7 Å². The Labute approximate surface area is 201 Å². The fourth-order valence-electron chi connectivity index (χ4n) is 6.67. The molecule has 3 aliphatic rings. The summed E-state index contributed by atoms with van der Waals surface area (Å²) in [6.45, 7) is 15.3. The highest BCUT2D eigenvalue weighted by molar-refractivity contribution is 5.69. The number of fused-ring (bicyclic) bond motifs is 2. The molecule has 0 saturated heterocycles. The van der Waals surface area contributed by atoms with Crippen LogP contribution in [0.4, 0.5) is 0 Å². The molecule has 0 bridgehead atoms. The quantitative estimate of drug-likeness (QED) is 0.360. The van der Waals surface area contributed by atoms with Gasteiger partial charge in [0.15, 0.2) is 6.10 Å². The van der Waals surface area contributed by atoms with Gasteiger partial charge in [-0.1, -0.05) is 13.5 Å². The molecule has 0 aromatic carbocycles. The summed E-state index contributed by atoms with van der Waals surface area (Å²) in [5.41, 5.74) is -1.13. The van der Waals surface area contributed by atoms with E-state index in [1.54, 1.807) is 20.8 Å². The molecule has 0 unspecified atom stereocenters. The van der Waals surface area contributed by atoms with E-state index in [0.717, 1.165) is 0 Å². The molecule has 8 heteroatoms. The maximum absolute atomic E-state index is 12.4. The molecule has 2 N–H and O–H groups in total. The lowest BCUT2D eigenvalue weighted by molar-refractivity contribution is -0.177. The summed E-state index contributed by atoms with van der Waals surface area (Å²) < 4.78 is 17.4. The van der Waals surface area contributed by atoms with Gasteiger partial charge in [-0.3, -0.25) is 14.4 Å². The van der Waals surface area contributed by atoms with Gasteiger partial charge in [0.05, 0.1) is 11.7 Å². The molecule has 3 aliphatic carbocycles. The van der Waals surface area contributed by atoms with E-state index in [9.17, 15) is 24.6 Å². The Hall–Kier alpha value is -2.19. The van der Waals surface area contributed by atoms with Crippen LogP contribution in [-0.4, -0.2) is 58.1 Å². The molecule has 2 saturated carbocycles. The number of esters is 3. The van der Waals surface area contributed by atoms with Crippen molar-refractivity contribution in [2.45, 2.75) is 104 Å². The average molecular weight is 479 g/mol. The molecule has 3 rings (SSSR count). The highest BCUT2D eigenvalue weighted by Gasteiger charge is 2.66.